The molecule has 0 aliphatic carbocycles. The number of aliphatic hydroxyl groups is 1. The monoisotopic (exact) mass is 670 g/mol. The summed E-state index contributed by atoms with van der Waals surface area (Å²) in [5.74, 6) is -2.54. The molecule has 264 valence electrons. The van der Waals surface area contributed by atoms with Crippen LogP contribution in [0.3, 0.4) is 0 Å². The lowest BCUT2D eigenvalue weighted by molar-refractivity contribution is -0.153. The molecule has 3 fully saturated rings. The topological polar surface area (TPSA) is 93.6 Å². The van der Waals surface area contributed by atoms with E-state index in [1.165, 1.54) is 0 Å². The van der Waals surface area contributed by atoms with Crippen LogP contribution in [0.1, 0.15) is 59.4 Å². The number of benzene rings is 2. The van der Waals surface area contributed by atoms with Crippen molar-refractivity contribution in [1.82, 2.24) is 9.80 Å². The van der Waals surface area contributed by atoms with Crippen LogP contribution >= 0.6 is 0 Å². The van der Waals surface area contributed by atoms with Crippen LogP contribution in [0.5, 0.6) is 0 Å². The second-order valence-corrected chi connectivity index (χ2v) is 14.0. The summed E-state index contributed by atoms with van der Waals surface area (Å²) in [6, 6.07) is 16.0. The van der Waals surface area contributed by atoms with Gasteiger partial charge in [-0.05, 0) is 69.4 Å². The Bertz CT molecular complexity index is 1510. The standard InChI is InChI=1S/C40H54N4O5/c1-8-24-42(26-29-16-14-13-15-17-29)36(46)33-34-37(47)44(32(27-45)28(6)10-3)35(40(34)23-22-39(33,7)49-40)38(48)43(25-9-2)31-20-18-30(19-21-31)41(11-4)12-5/h8-9,13-21,28,32-35,45H,1-2,10-12,22-27H2,3-7H3/t28-,32-,33+,34-,35?,39-,40?/m0/s1. The molecule has 3 aliphatic heterocycles. The summed E-state index contributed by atoms with van der Waals surface area (Å²) in [5.41, 5.74) is 0.552. The molecule has 3 saturated heterocycles. The SMILES string of the molecule is C=CCN(Cc1ccccc1)C(=O)[C@H]1[C@H]2C(=O)N([C@@H](CO)[C@@H](C)CC)C(C(=O)N(CC=C)c3ccc(N(CC)CC)cc3)C23CC[C@]1(C)O3. The Kier molecular flexibility index (Phi) is 11.0. The Hall–Kier alpha value is -3.95. The number of ether oxygens (including phenoxy) is 1. The number of amides is 3. The van der Waals surface area contributed by atoms with Gasteiger partial charge in [0.2, 0.25) is 11.8 Å². The molecule has 0 saturated carbocycles. The van der Waals surface area contributed by atoms with E-state index in [9.17, 15) is 14.7 Å². The van der Waals surface area contributed by atoms with Crippen molar-refractivity contribution in [1.29, 1.82) is 0 Å². The first kappa shape index (κ1) is 36.3. The lowest BCUT2D eigenvalue weighted by Crippen LogP contribution is -2.60. The highest BCUT2D eigenvalue weighted by Crippen LogP contribution is 2.64. The Morgan fingerprint density at radius 1 is 0.980 bits per heavy atom. The lowest BCUT2D eigenvalue weighted by atomic mass is 9.66. The van der Waals surface area contributed by atoms with Crippen molar-refractivity contribution in [3.63, 3.8) is 0 Å². The van der Waals surface area contributed by atoms with Crippen LogP contribution in [0.25, 0.3) is 0 Å². The van der Waals surface area contributed by atoms with Crippen LogP contribution in [-0.4, -0.2) is 88.7 Å². The highest BCUT2D eigenvalue weighted by atomic mass is 16.5. The van der Waals surface area contributed by atoms with E-state index in [0.29, 0.717) is 38.0 Å². The van der Waals surface area contributed by atoms with Crippen LogP contribution < -0.4 is 9.80 Å². The lowest BCUT2D eigenvalue weighted by Gasteiger charge is -2.41. The average Bonchev–Trinajstić information content (AvgIpc) is 3.68. The van der Waals surface area contributed by atoms with Crippen LogP contribution in [-0.2, 0) is 25.7 Å². The number of fused-ring (bicyclic) bond motifs is 1. The van der Waals surface area contributed by atoms with E-state index < -0.39 is 35.1 Å². The zero-order valence-corrected chi connectivity index (χ0v) is 29.9. The molecule has 9 nitrogen and oxygen atoms in total. The molecule has 1 N–H and O–H groups in total. The maximum absolute atomic E-state index is 15.1. The van der Waals surface area contributed by atoms with Crippen molar-refractivity contribution in [2.75, 3.05) is 42.6 Å². The molecular formula is C40H54N4O5. The molecule has 9 heteroatoms. The fraction of sp³-hybridized carbons (Fsp3) is 0.525. The molecule has 2 aromatic rings. The van der Waals surface area contributed by atoms with Crippen LogP contribution in [0.2, 0.25) is 0 Å². The minimum atomic E-state index is -1.22. The number of hydrogen-bond donors (Lipinski definition) is 1. The van der Waals surface area contributed by atoms with E-state index in [-0.39, 0.29) is 36.8 Å². The van der Waals surface area contributed by atoms with Gasteiger partial charge in [0, 0.05) is 44.1 Å². The molecule has 2 aromatic carbocycles. The van der Waals surface area contributed by atoms with E-state index in [0.717, 1.165) is 24.3 Å². The second-order valence-electron chi connectivity index (χ2n) is 14.0. The molecule has 3 heterocycles. The molecule has 7 atom stereocenters. The van der Waals surface area contributed by atoms with Crippen LogP contribution in [0, 0.1) is 17.8 Å². The summed E-state index contributed by atoms with van der Waals surface area (Å²) in [4.78, 5) is 52.0. The maximum Gasteiger partial charge on any atom is 0.253 e. The number of hydrogen-bond acceptors (Lipinski definition) is 6. The first-order chi connectivity index (χ1) is 23.5. The van der Waals surface area contributed by atoms with Gasteiger partial charge in [-0.1, -0.05) is 62.8 Å². The Labute approximate surface area is 292 Å². The summed E-state index contributed by atoms with van der Waals surface area (Å²) < 4.78 is 6.97. The largest absolute Gasteiger partial charge is 0.394 e. The normalized spacial score (nSPS) is 26.6. The van der Waals surface area contributed by atoms with Gasteiger partial charge in [0.15, 0.2) is 0 Å². The van der Waals surface area contributed by atoms with Crippen molar-refractivity contribution < 1.29 is 24.2 Å². The van der Waals surface area contributed by atoms with Gasteiger partial charge in [-0.15, -0.1) is 13.2 Å². The maximum atomic E-state index is 15.1. The third kappa shape index (κ3) is 6.32. The van der Waals surface area contributed by atoms with Crippen LogP contribution in [0.15, 0.2) is 79.9 Å². The van der Waals surface area contributed by atoms with E-state index in [2.05, 4.69) is 31.9 Å². The number of carbonyl (C=O) groups is 3. The minimum absolute atomic E-state index is 0.0991. The Balaban J connectivity index is 1.59. The summed E-state index contributed by atoms with van der Waals surface area (Å²) in [5, 5.41) is 10.8. The molecular weight excluding hydrogens is 616 g/mol. The molecule has 5 rings (SSSR count). The third-order valence-corrected chi connectivity index (χ3v) is 11.3. The van der Waals surface area contributed by atoms with Gasteiger partial charge in [-0.3, -0.25) is 14.4 Å². The fourth-order valence-electron chi connectivity index (χ4n) is 8.61. The van der Waals surface area contributed by atoms with Crippen molar-refractivity contribution in [3.8, 4) is 0 Å². The van der Waals surface area contributed by atoms with Gasteiger partial charge in [0.25, 0.3) is 5.91 Å². The van der Waals surface area contributed by atoms with E-state index in [4.69, 9.17) is 4.74 Å². The fourth-order valence-corrected chi connectivity index (χ4v) is 8.61. The molecule has 2 unspecified atom stereocenters. The Morgan fingerprint density at radius 3 is 2.18 bits per heavy atom. The molecule has 0 radical (unpaired) electrons. The average molecular weight is 671 g/mol. The van der Waals surface area contributed by atoms with Crippen molar-refractivity contribution in [2.24, 2.45) is 17.8 Å². The second kappa shape index (κ2) is 14.9. The number of anilines is 2. The highest BCUT2D eigenvalue weighted by molar-refractivity contribution is 6.05. The summed E-state index contributed by atoms with van der Waals surface area (Å²) in [7, 11) is 0. The molecule has 3 aliphatic rings. The van der Waals surface area contributed by atoms with Gasteiger partial charge < -0.3 is 29.4 Å². The van der Waals surface area contributed by atoms with Crippen molar-refractivity contribution >= 4 is 29.1 Å². The number of aliphatic hydroxyl groups excluding tert-OH is 1. The van der Waals surface area contributed by atoms with Crippen molar-refractivity contribution in [2.45, 2.75) is 83.7 Å². The molecule has 1 spiro atoms. The van der Waals surface area contributed by atoms with E-state index in [1.807, 2.05) is 75.4 Å². The van der Waals surface area contributed by atoms with Gasteiger partial charge in [-0.25, -0.2) is 0 Å². The first-order valence-corrected chi connectivity index (χ1v) is 17.9. The molecule has 3 amide bonds. The summed E-state index contributed by atoms with van der Waals surface area (Å²) in [6.07, 6.45) is 5.07. The van der Waals surface area contributed by atoms with Gasteiger partial charge >= 0.3 is 0 Å². The van der Waals surface area contributed by atoms with Gasteiger partial charge in [-0.2, -0.15) is 0 Å². The Morgan fingerprint density at radius 2 is 1.61 bits per heavy atom. The number of rotatable bonds is 16. The van der Waals surface area contributed by atoms with E-state index in [1.54, 1.807) is 26.9 Å². The predicted molar refractivity (Wildman–Crippen MR) is 194 cm³/mol. The third-order valence-electron chi connectivity index (χ3n) is 11.3. The number of carbonyl (C=O) groups excluding carboxylic acids is 3. The zero-order valence-electron chi connectivity index (χ0n) is 29.9. The highest BCUT2D eigenvalue weighted by Gasteiger charge is 2.79. The minimum Gasteiger partial charge on any atom is -0.394 e. The van der Waals surface area contributed by atoms with Crippen molar-refractivity contribution in [3.05, 3.63) is 85.5 Å². The molecule has 0 aromatic heterocycles. The van der Waals surface area contributed by atoms with Crippen LogP contribution in [0.4, 0.5) is 11.4 Å². The smallest absolute Gasteiger partial charge is 0.253 e. The quantitative estimate of drug-likeness (QED) is 0.239. The number of likely N-dealkylation sites (tertiary alicyclic amines) is 1. The predicted octanol–water partition coefficient (Wildman–Crippen LogP) is 5.44. The number of nitrogens with zero attached hydrogens (tertiary/aromatic N) is 4. The first-order valence-electron chi connectivity index (χ1n) is 17.9. The molecule has 2 bridgehead atoms. The molecule has 49 heavy (non-hydrogen) atoms. The van der Waals surface area contributed by atoms with Gasteiger partial charge in [0.1, 0.15) is 11.6 Å². The van der Waals surface area contributed by atoms with Gasteiger partial charge in [0.05, 0.1) is 30.1 Å². The van der Waals surface area contributed by atoms with E-state index >= 15 is 4.79 Å². The zero-order chi connectivity index (χ0) is 35.5. The summed E-state index contributed by atoms with van der Waals surface area (Å²) in [6.45, 7) is 20.3. The summed E-state index contributed by atoms with van der Waals surface area (Å²) >= 11 is 0.